The molecule has 9 aromatic rings. The van der Waals surface area contributed by atoms with Gasteiger partial charge in [0.1, 0.15) is 17.0 Å². The summed E-state index contributed by atoms with van der Waals surface area (Å²) < 4.78 is 33.5. The van der Waals surface area contributed by atoms with Crippen LogP contribution in [0.3, 0.4) is 0 Å². The monoisotopic (exact) mass is 553 g/mol. The van der Waals surface area contributed by atoms with Crippen LogP contribution in [-0.2, 0) is 0 Å². The molecule has 2 heterocycles. The van der Waals surface area contributed by atoms with Crippen molar-refractivity contribution in [3.8, 4) is 27.9 Å². The minimum Gasteiger partial charge on any atom is -0.456 e. The second-order valence-electron chi connectivity index (χ2n) is 11.0. The van der Waals surface area contributed by atoms with Crippen molar-refractivity contribution < 1.29 is 8.53 Å². The minimum absolute atomic E-state index is 0.0475. The highest BCUT2D eigenvalue weighted by molar-refractivity contribution is 6.20. The van der Waals surface area contributed by atoms with E-state index in [4.69, 9.17) is 8.53 Å². The van der Waals surface area contributed by atoms with Crippen LogP contribution >= 0.6 is 0 Å². The maximum atomic E-state index is 8.50. The molecule has 2 aromatic heterocycles. The predicted molar refractivity (Wildman–Crippen MR) is 179 cm³/mol. The molecule has 3 heteroatoms. The maximum Gasteiger partial charge on any atom is 0.135 e. The van der Waals surface area contributed by atoms with Crippen molar-refractivity contribution in [2.75, 3.05) is 0 Å². The summed E-state index contributed by atoms with van der Waals surface area (Å²) in [6.07, 6.45) is 0. The van der Waals surface area contributed by atoms with Crippen molar-refractivity contribution >= 4 is 54.5 Å². The molecule has 43 heavy (non-hydrogen) atoms. The zero-order valence-electron chi connectivity index (χ0n) is 26.1. The third kappa shape index (κ3) is 3.58. The Bertz CT molecular complexity index is 2630. The van der Waals surface area contributed by atoms with Crippen molar-refractivity contribution in [1.82, 2.24) is 9.55 Å². The normalized spacial score (nSPS) is 13.2. The summed E-state index contributed by atoms with van der Waals surface area (Å²) in [5.74, 6) is 0.0475. The number of para-hydroxylation sites is 3. The van der Waals surface area contributed by atoms with E-state index in [-0.39, 0.29) is 5.82 Å². The van der Waals surface area contributed by atoms with Gasteiger partial charge in [0, 0.05) is 25.7 Å². The van der Waals surface area contributed by atoms with E-state index in [0.29, 0.717) is 5.52 Å². The molecule has 0 amide bonds. The number of nitrogens with zero attached hydrogens (tertiary/aromatic N) is 2. The van der Waals surface area contributed by atoms with E-state index >= 15 is 0 Å². The molecule has 202 valence electrons. The van der Waals surface area contributed by atoms with Crippen LogP contribution in [0.2, 0.25) is 0 Å². The maximum absolute atomic E-state index is 8.50. The van der Waals surface area contributed by atoms with Gasteiger partial charge in [-0.3, -0.25) is 4.57 Å². The number of aryl methyl sites for hydroxylation is 1. The first-order valence-corrected chi connectivity index (χ1v) is 14.4. The van der Waals surface area contributed by atoms with E-state index in [1.54, 1.807) is 0 Å². The molecule has 0 aliphatic heterocycles. The zero-order valence-corrected chi connectivity index (χ0v) is 23.1. The fourth-order valence-corrected chi connectivity index (χ4v) is 6.65. The van der Waals surface area contributed by atoms with Crippen LogP contribution in [0.5, 0.6) is 0 Å². The highest BCUT2D eigenvalue weighted by Gasteiger charge is 2.21. The van der Waals surface area contributed by atoms with Crippen molar-refractivity contribution in [2.45, 2.75) is 6.85 Å². The summed E-state index contributed by atoms with van der Waals surface area (Å²) in [6.45, 7) is -2.43. The molecule has 9 rings (SSSR count). The number of hydrogen-bond acceptors (Lipinski definition) is 2. The Labute approximate surface area is 252 Å². The smallest absolute Gasteiger partial charge is 0.135 e. The number of furan rings is 1. The topological polar surface area (TPSA) is 31.0 Å². The Morgan fingerprint density at radius 3 is 2.09 bits per heavy atom. The molecule has 3 nitrogen and oxygen atoms in total. The van der Waals surface area contributed by atoms with Gasteiger partial charge < -0.3 is 4.42 Å². The van der Waals surface area contributed by atoms with Gasteiger partial charge in [-0.1, -0.05) is 103 Å². The molecule has 0 bridgehead atoms. The average molecular weight is 554 g/mol. The Morgan fingerprint density at radius 1 is 0.535 bits per heavy atom. The molecule has 0 fully saturated rings. The SMILES string of the molecule is [2H]C([2H])([2H])c1nc2ccccc2n1-c1c2ccccc2c(-c2ccc3oc4ccccc4c3c2)c2cc(-c3ccccc3)ccc12. The second-order valence-corrected chi connectivity index (χ2v) is 11.0. The lowest BCUT2D eigenvalue weighted by molar-refractivity contribution is 0.669. The van der Waals surface area contributed by atoms with Crippen molar-refractivity contribution in [3.63, 3.8) is 0 Å². The molecule has 0 spiro atoms. The van der Waals surface area contributed by atoms with Gasteiger partial charge in [-0.15, -0.1) is 0 Å². The van der Waals surface area contributed by atoms with Gasteiger partial charge in [-0.2, -0.15) is 0 Å². The van der Waals surface area contributed by atoms with Crippen molar-refractivity contribution in [3.05, 3.63) is 145 Å². The van der Waals surface area contributed by atoms with Crippen LogP contribution < -0.4 is 0 Å². The van der Waals surface area contributed by atoms with Gasteiger partial charge >= 0.3 is 0 Å². The van der Waals surface area contributed by atoms with Crippen molar-refractivity contribution in [2.24, 2.45) is 0 Å². The van der Waals surface area contributed by atoms with Gasteiger partial charge in [0.25, 0.3) is 0 Å². The van der Waals surface area contributed by atoms with Gasteiger partial charge in [0.2, 0.25) is 0 Å². The van der Waals surface area contributed by atoms with Gasteiger partial charge in [-0.25, -0.2) is 4.98 Å². The van der Waals surface area contributed by atoms with Gasteiger partial charge in [-0.05, 0) is 76.3 Å². The van der Waals surface area contributed by atoms with E-state index in [0.717, 1.165) is 76.9 Å². The molecule has 0 aliphatic rings. The zero-order chi connectivity index (χ0) is 31.0. The number of hydrogen-bond donors (Lipinski definition) is 0. The first kappa shape index (κ1) is 21.1. The predicted octanol–water partition coefficient (Wildman–Crippen LogP) is 10.9. The Kier molecular flexibility index (Phi) is 4.50. The first-order chi connectivity index (χ1) is 22.5. The lowest BCUT2D eigenvalue weighted by Crippen LogP contribution is -2.01. The third-order valence-corrected chi connectivity index (χ3v) is 8.55. The molecule has 0 saturated heterocycles. The summed E-state index contributed by atoms with van der Waals surface area (Å²) in [4.78, 5) is 4.67. The Balaban J connectivity index is 1.46. The van der Waals surface area contributed by atoms with Crippen LogP contribution in [-0.4, -0.2) is 9.55 Å². The number of fused-ring (bicyclic) bond motifs is 6. The Hall–Kier alpha value is -5.67. The standard InChI is InChI=1S/C40H26N2O/c1-25-41-35-16-8-9-17-36(35)42(25)40-31-15-6-5-14-30(31)39(34-23-27(19-21-32(34)40)26-11-3-2-4-12-26)28-20-22-38-33(24-28)29-13-7-10-18-37(29)43-38/h2-24H,1H3/i1D3. The summed E-state index contributed by atoms with van der Waals surface area (Å²) in [6, 6.07) is 47.3. The Morgan fingerprint density at radius 2 is 1.21 bits per heavy atom. The van der Waals surface area contributed by atoms with Crippen molar-refractivity contribution in [1.29, 1.82) is 0 Å². The molecular formula is C40H26N2O. The molecule has 0 saturated carbocycles. The minimum atomic E-state index is -2.43. The van der Waals surface area contributed by atoms with Crippen LogP contribution in [0, 0.1) is 6.85 Å². The second kappa shape index (κ2) is 9.17. The molecule has 0 N–H and O–H groups in total. The average Bonchev–Trinajstić information content (AvgIpc) is 3.66. The van der Waals surface area contributed by atoms with E-state index in [2.05, 4.69) is 71.7 Å². The number of rotatable bonds is 3. The van der Waals surface area contributed by atoms with E-state index in [9.17, 15) is 0 Å². The van der Waals surface area contributed by atoms with Crippen LogP contribution in [0.15, 0.2) is 144 Å². The third-order valence-electron chi connectivity index (χ3n) is 8.55. The van der Waals surface area contributed by atoms with Crippen LogP contribution in [0.1, 0.15) is 9.94 Å². The lowest BCUT2D eigenvalue weighted by atomic mass is 9.88. The molecular weight excluding hydrogens is 524 g/mol. The first-order valence-electron chi connectivity index (χ1n) is 15.9. The molecule has 0 aliphatic carbocycles. The molecule has 7 aromatic carbocycles. The van der Waals surface area contributed by atoms with E-state index < -0.39 is 6.85 Å². The fraction of sp³-hybridized carbons (Fsp3) is 0.0250. The quantitative estimate of drug-likeness (QED) is 0.204. The summed E-state index contributed by atoms with van der Waals surface area (Å²) in [7, 11) is 0. The fourth-order valence-electron chi connectivity index (χ4n) is 6.65. The number of aromatic nitrogens is 2. The van der Waals surface area contributed by atoms with Crippen LogP contribution in [0.4, 0.5) is 0 Å². The summed E-state index contributed by atoms with van der Waals surface area (Å²) in [5.41, 5.74) is 8.24. The van der Waals surface area contributed by atoms with Gasteiger partial charge in [0.15, 0.2) is 0 Å². The van der Waals surface area contributed by atoms with Gasteiger partial charge in [0.05, 0.1) is 16.7 Å². The molecule has 0 atom stereocenters. The highest BCUT2D eigenvalue weighted by Crippen LogP contribution is 2.44. The molecule has 0 unspecified atom stereocenters. The lowest BCUT2D eigenvalue weighted by Gasteiger charge is -2.20. The van der Waals surface area contributed by atoms with E-state index in [1.807, 2.05) is 77.4 Å². The largest absolute Gasteiger partial charge is 0.456 e. The summed E-state index contributed by atoms with van der Waals surface area (Å²) in [5, 5.41) is 6.07. The molecule has 0 radical (unpaired) electrons. The highest BCUT2D eigenvalue weighted by atomic mass is 16.3. The summed E-state index contributed by atoms with van der Waals surface area (Å²) >= 11 is 0. The number of imidazole rings is 1. The van der Waals surface area contributed by atoms with E-state index in [1.165, 1.54) is 0 Å². The van der Waals surface area contributed by atoms with Crippen LogP contribution in [0.25, 0.3) is 82.5 Å². The number of benzene rings is 7.